The van der Waals surface area contributed by atoms with Crippen LogP contribution in [0.15, 0.2) is 29.4 Å². The molecule has 120 valence electrons. The Balaban J connectivity index is 1.74. The number of hydrogen-bond donors (Lipinski definition) is 2. The average Bonchev–Trinajstić information content (AvgIpc) is 2.52. The van der Waals surface area contributed by atoms with Gasteiger partial charge in [-0.15, -0.1) is 0 Å². The van der Waals surface area contributed by atoms with Crippen molar-refractivity contribution in [3.63, 3.8) is 0 Å². The van der Waals surface area contributed by atoms with E-state index in [4.69, 9.17) is 4.74 Å². The molecule has 1 aliphatic rings. The van der Waals surface area contributed by atoms with E-state index in [1.54, 1.807) is 7.11 Å². The number of amides is 1. The zero-order chi connectivity index (χ0) is 15.6. The Labute approximate surface area is 132 Å². The van der Waals surface area contributed by atoms with Crippen molar-refractivity contribution in [1.82, 2.24) is 5.43 Å². The van der Waals surface area contributed by atoms with Gasteiger partial charge in [-0.2, -0.15) is 5.10 Å². The fraction of sp³-hybridized carbons (Fsp3) is 0.529. The second-order valence-corrected chi connectivity index (χ2v) is 5.56. The molecule has 1 saturated carbocycles. The molecule has 1 aromatic rings. The van der Waals surface area contributed by atoms with E-state index < -0.39 is 0 Å². The summed E-state index contributed by atoms with van der Waals surface area (Å²) in [7, 11) is 1.63. The number of hydrogen-bond acceptors (Lipinski definition) is 4. The van der Waals surface area contributed by atoms with Gasteiger partial charge in [-0.3, -0.25) is 4.79 Å². The molecule has 0 unspecified atom stereocenters. The minimum Gasteiger partial charge on any atom is -0.497 e. The lowest BCUT2D eigenvalue weighted by atomic mass is 9.99. The van der Waals surface area contributed by atoms with Crippen LogP contribution in [0.2, 0.25) is 0 Å². The minimum absolute atomic E-state index is 0.120. The Morgan fingerprint density at radius 2 is 1.73 bits per heavy atom. The number of anilines is 1. The fourth-order valence-corrected chi connectivity index (χ4v) is 2.50. The normalized spacial score (nSPS) is 15.4. The molecule has 5 nitrogen and oxygen atoms in total. The standard InChI is InChI=1S/C17H25N3O2/c1-22-16-11-9-14(10-12-16)18-13-17(21)20-19-15-7-5-3-2-4-6-8-15/h9-12,18H,2-8,13H2,1H3,(H,20,21). The second kappa shape index (κ2) is 9.07. The highest BCUT2D eigenvalue weighted by atomic mass is 16.5. The van der Waals surface area contributed by atoms with E-state index in [-0.39, 0.29) is 12.5 Å². The molecule has 1 aromatic carbocycles. The van der Waals surface area contributed by atoms with E-state index in [1.807, 2.05) is 24.3 Å². The van der Waals surface area contributed by atoms with Crippen LogP contribution in [0, 0.1) is 0 Å². The number of rotatable bonds is 5. The summed E-state index contributed by atoms with van der Waals surface area (Å²) in [5.41, 5.74) is 4.66. The summed E-state index contributed by atoms with van der Waals surface area (Å²) in [6, 6.07) is 7.48. The first-order chi connectivity index (χ1) is 10.8. The molecule has 0 heterocycles. The van der Waals surface area contributed by atoms with Crippen molar-refractivity contribution in [1.29, 1.82) is 0 Å². The third-order valence-electron chi connectivity index (χ3n) is 3.81. The molecule has 0 atom stereocenters. The van der Waals surface area contributed by atoms with Crippen LogP contribution < -0.4 is 15.5 Å². The second-order valence-electron chi connectivity index (χ2n) is 5.56. The van der Waals surface area contributed by atoms with Gasteiger partial charge in [0.2, 0.25) is 0 Å². The highest BCUT2D eigenvalue weighted by Gasteiger charge is 2.06. The maximum absolute atomic E-state index is 11.8. The van der Waals surface area contributed by atoms with Crippen LogP contribution >= 0.6 is 0 Å². The first-order valence-corrected chi connectivity index (χ1v) is 8.00. The van der Waals surface area contributed by atoms with Gasteiger partial charge in [-0.05, 0) is 49.9 Å². The molecule has 2 N–H and O–H groups in total. The van der Waals surface area contributed by atoms with E-state index in [0.29, 0.717) is 0 Å². The fourth-order valence-electron chi connectivity index (χ4n) is 2.50. The highest BCUT2D eigenvalue weighted by molar-refractivity contribution is 5.87. The summed E-state index contributed by atoms with van der Waals surface area (Å²) in [4.78, 5) is 11.8. The van der Waals surface area contributed by atoms with Crippen LogP contribution in [-0.4, -0.2) is 25.3 Å². The predicted octanol–water partition coefficient (Wildman–Crippen LogP) is 3.32. The highest BCUT2D eigenvalue weighted by Crippen LogP contribution is 2.15. The van der Waals surface area contributed by atoms with Gasteiger partial charge < -0.3 is 10.1 Å². The number of methoxy groups -OCH3 is 1. The predicted molar refractivity (Wildman–Crippen MR) is 89.4 cm³/mol. The number of ether oxygens (including phenoxy) is 1. The Bertz CT molecular complexity index is 487. The molecule has 0 saturated heterocycles. The van der Waals surface area contributed by atoms with Crippen molar-refractivity contribution in [2.75, 3.05) is 19.0 Å². The minimum atomic E-state index is -0.120. The number of carbonyl (C=O) groups is 1. The van der Waals surface area contributed by atoms with Gasteiger partial charge >= 0.3 is 0 Å². The average molecular weight is 303 g/mol. The van der Waals surface area contributed by atoms with Gasteiger partial charge in [0, 0.05) is 11.4 Å². The number of benzene rings is 1. The molecule has 5 heteroatoms. The molecule has 0 radical (unpaired) electrons. The van der Waals surface area contributed by atoms with Crippen molar-refractivity contribution >= 4 is 17.3 Å². The molecule has 22 heavy (non-hydrogen) atoms. The van der Waals surface area contributed by atoms with Gasteiger partial charge in [0.1, 0.15) is 5.75 Å². The summed E-state index contributed by atoms with van der Waals surface area (Å²) in [6.45, 7) is 0.211. The lowest BCUT2D eigenvalue weighted by molar-refractivity contribution is -0.119. The molecule has 2 rings (SSSR count). The number of hydrazone groups is 1. The van der Waals surface area contributed by atoms with Crippen molar-refractivity contribution in [3.05, 3.63) is 24.3 Å². The SMILES string of the molecule is COc1ccc(NCC(=O)NN=C2CCCCCCC2)cc1. The summed E-state index contributed by atoms with van der Waals surface area (Å²) >= 11 is 0. The zero-order valence-electron chi connectivity index (χ0n) is 13.2. The third kappa shape index (κ3) is 5.76. The van der Waals surface area contributed by atoms with Gasteiger partial charge in [-0.1, -0.05) is 19.3 Å². The van der Waals surface area contributed by atoms with Gasteiger partial charge in [0.15, 0.2) is 0 Å². The van der Waals surface area contributed by atoms with Gasteiger partial charge in [-0.25, -0.2) is 5.43 Å². The van der Waals surface area contributed by atoms with Crippen LogP contribution in [0.25, 0.3) is 0 Å². The van der Waals surface area contributed by atoms with Crippen molar-refractivity contribution in [2.24, 2.45) is 5.10 Å². The quantitative estimate of drug-likeness (QED) is 0.820. The lowest BCUT2D eigenvalue weighted by Gasteiger charge is -2.11. The summed E-state index contributed by atoms with van der Waals surface area (Å²) in [5.74, 6) is 0.677. The summed E-state index contributed by atoms with van der Waals surface area (Å²) in [5, 5.41) is 7.35. The van der Waals surface area contributed by atoms with Crippen molar-refractivity contribution in [2.45, 2.75) is 44.9 Å². The number of nitrogens with zero attached hydrogens (tertiary/aromatic N) is 1. The molecule has 1 amide bonds. The smallest absolute Gasteiger partial charge is 0.259 e. The summed E-state index contributed by atoms with van der Waals surface area (Å²) in [6.07, 6.45) is 8.24. The van der Waals surface area contributed by atoms with Gasteiger partial charge in [0.05, 0.1) is 13.7 Å². The van der Waals surface area contributed by atoms with Gasteiger partial charge in [0.25, 0.3) is 5.91 Å². The van der Waals surface area contributed by atoms with Crippen LogP contribution in [0.4, 0.5) is 5.69 Å². The molecule has 1 aliphatic carbocycles. The van der Waals surface area contributed by atoms with Crippen LogP contribution in [0.5, 0.6) is 5.75 Å². The Morgan fingerprint density at radius 3 is 2.36 bits per heavy atom. The van der Waals surface area contributed by atoms with E-state index >= 15 is 0 Å². The molecular formula is C17H25N3O2. The first-order valence-electron chi connectivity index (χ1n) is 8.00. The van der Waals surface area contributed by atoms with E-state index in [0.717, 1.165) is 30.0 Å². The largest absolute Gasteiger partial charge is 0.497 e. The van der Waals surface area contributed by atoms with E-state index in [1.165, 1.54) is 32.1 Å². The Kier molecular flexibility index (Phi) is 6.74. The van der Waals surface area contributed by atoms with Crippen molar-refractivity contribution < 1.29 is 9.53 Å². The maximum Gasteiger partial charge on any atom is 0.259 e. The lowest BCUT2D eigenvalue weighted by Crippen LogP contribution is -2.27. The maximum atomic E-state index is 11.8. The van der Waals surface area contributed by atoms with Crippen LogP contribution in [0.3, 0.4) is 0 Å². The summed E-state index contributed by atoms with van der Waals surface area (Å²) < 4.78 is 5.09. The van der Waals surface area contributed by atoms with Crippen molar-refractivity contribution in [3.8, 4) is 5.75 Å². The number of carbonyl (C=O) groups excluding carboxylic acids is 1. The number of nitrogens with one attached hydrogen (secondary N) is 2. The molecule has 0 spiro atoms. The molecule has 0 bridgehead atoms. The van der Waals surface area contributed by atoms with Crippen LogP contribution in [0.1, 0.15) is 44.9 Å². The topological polar surface area (TPSA) is 62.7 Å². The van der Waals surface area contributed by atoms with E-state index in [9.17, 15) is 4.79 Å². The Morgan fingerprint density at radius 1 is 1.09 bits per heavy atom. The molecule has 0 aromatic heterocycles. The Hall–Kier alpha value is -2.04. The molecule has 1 fully saturated rings. The third-order valence-corrected chi connectivity index (χ3v) is 3.81. The molecule has 0 aliphatic heterocycles. The van der Waals surface area contributed by atoms with E-state index in [2.05, 4.69) is 15.8 Å². The van der Waals surface area contributed by atoms with Crippen LogP contribution in [-0.2, 0) is 4.79 Å². The molecular weight excluding hydrogens is 278 g/mol. The first kappa shape index (κ1) is 16.3. The zero-order valence-corrected chi connectivity index (χ0v) is 13.2. The monoisotopic (exact) mass is 303 g/mol.